The number of benzene rings is 1. The number of esters is 1. The quantitative estimate of drug-likeness (QED) is 0.678. The summed E-state index contributed by atoms with van der Waals surface area (Å²) in [5, 5.41) is 3.62. The van der Waals surface area contributed by atoms with E-state index in [4.69, 9.17) is 0 Å². The minimum atomic E-state index is -0.493. The van der Waals surface area contributed by atoms with Crippen molar-refractivity contribution in [2.75, 3.05) is 12.4 Å². The molecule has 0 aliphatic heterocycles. The van der Waals surface area contributed by atoms with Gasteiger partial charge in [0.15, 0.2) is 5.13 Å². The summed E-state index contributed by atoms with van der Waals surface area (Å²) >= 11 is 2.26. The summed E-state index contributed by atoms with van der Waals surface area (Å²) in [5.41, 5.74) is 1.79. The molecule has 0 saturated heterocycles. The molecule has 6 nitrogen and oxygen atoms in total. The van der Waals surface area contributed by atoms with Crippen molar-refractivity contribution in [1.29, 1.82) is 0 Å². The first-order chi connectivity index (χ1) is 12.4. The van der Waals surface area contributed by atoms with Gasteiger partial charge >= 0.3 is 5.97 Å². The van der Waals surface area contributed by atoms with Crippen molar-refractivity contribution < 1.29 is 18.7 Å². The van der Waals surface area contributed by atoms with Crippen molar-refractivity contribution in [3.63, 3.8) is 0 Å². The van der Waals surface area contributed by atoms with E-state index in [-0.39, 0.29) is 11.7 Å². The van der Waals surface area contributed by atoms with Gasteiger partial charge in [0.1, 0.15) is 20.6 Å². The summed E-state index contributed by atoms with van der Waals surface area (Å²) in [4.78, 5) is 33.5. The number of aromatic nitrogens is 2. The SMILES string of the molecule is COC(=O)c1sc(NC(=O)c2sc(-c3ccc(F)cc3)nc2C)nc1C. The third-order valence-corrected chi connectivity index (χ3v) is 5.74. The maximum atomic E-state index is 13.1. The Kier molecular flexibility index (Phi) is 5.10. The molecular weight excluding hydrogens is 377 g/mol. The average Bonchev–Trinajstić information content (AvgIpc) is 3.17. The monoisotopic (exact) mass is 391 g/mol. The number of rotatable bonds is 4. The molecule has 1 aromatic carbocycles. The lowest BCUT2D eigenvalue weighted by Crippen LogP contribution is -2.11. The van der Waals surface area contributed by atoms with Gasteiger partial charge in [-0.25, -0.2) is 19.2 Å². The number of hydrogen-bond acceptors (Lipinski definition) is 7. The average molecular weight is 391 g/mol. The number of amides is 1. The van der Waals surface area contributed by atoms with E-state index in [2.05, 4.69) is 20.0 Å². The lowest BCUT2D eigenvalue weighted by Gasteiger charge is -1.99. The number of ether oxygens (including phenoxy) is 1. The standard InChI is InChI=1S/C17H14FN3O3S2/c1-8-12(25-15(19-8)10-4-6-11(18)7-5-10)14(22)21-17-20-9(2)13(26-17)16(23)24-3/h4-7H,1-3H3,(H,20,21,22). The molecule has 26 heavy (non-hydrogen) atoms. The Hall–Kier alpha value is -2.65. The predicted octanol–water partition coefficient (Wildman–Crippen LogP) is 4.06. The van der Waals surface area contributed by atoms with E-state index in [9.17, 15) is 14.0 Å². The van der Waals surface area contributed by atoms with Crippen LogP contribution in [0.1, 0.15) is 30.7 Å². The fourth-order valence-electron chi connectivity index (χ4n) is 2.21. The number of carbonyl (C=O) groups excluding carboxylic acids is 2. The van der Waals surface area contributed by atoms with E-state index >= 15 is 0 Å². The first-order valence-corrected chi connectivity index (χ1v) is 9.12. The summed E-state index contributed by atoms with van der Waals surface area (Å²) in [6, 6.07) is 5.92. The summed E-state index contributed by atoms with van der Waals surface area (Å²) < 4.78 is 17.7. The Morgan fingerprint density at radius 1 is 1.04 bits per heavy atom. The van der Waals surface area contributed by atoms with Crippen LogP contribution in [0.15, 0.2) is 24.3 Å². The summed E-state index contributed by atoms with van der Waals surface area (Å²) in [7, 11) is 1.29. The largest absolute Gasteiger partial charge is 0.465 e. The van der Waals surface area contributed by atoms with Crippen LogP contribution in [0.4, 0.5) is 9.52 Å². The molecule has 0 radical (unpaired) electrons. The predicted molar refractivity (Wildman–Crippen MR) is 98.4 cm³/mol. The van der Waals surface area contributed by atoms with Crippen LogP contribution in [0.2, 0.25) is 0 Å². The number of hydrogen-bond donors (Lipinski definition) is 1. The van der Waals surface area contributed by atoms with E-state index < -0.39 is 5.97 Å². The van der Waals surface area contributed by atoms with Gasteiger partial charge in [-0.15, -0.1) is 11.3 Å². The van der Waals surface area contributed by atoms with Crippen molar-refractivity contribution in [2.45, 2.75) is 13.8 Å². The van der Waals surface area contributed by atoms with Crippen molar-refractivity contribution in [1.82, 2.24) is 9.97 Å². The molecule has 3 aromatic rings. The van der Waals surface area contributed by atoms with Crippen molar-refractivity contribution >= 4 is 39.7 Å². The van der Waals surface area contributed by atoms with Gasteiger partial charge in [-0.05, 0) is 38.1 Å². The second kappa shape index (κ2) is 7.30. The zero-order valence-electron chi connectivity index (χ0n) is 14.1. The smallest absolute Gasteiger partial charge is 0.350 e. The lowest BCUT2D eigenvalue weighted by atomic mass is 10.2. The normalized spacial score (nSPS) is 10.6. The molecule has 9 heteroatoms. The van der Waals surface area contributed by atoms with Crippen LogP contribution in [0.5, 0.6) is 0 Å². The number of carbonyl (C=O) groups is 2. The first-order valence-electron chi connectivity index (χ1n) is 7.49. The third-order valence-electron chi connectivity index (χ3n) is 3.48. The van der Waals surface area contributed by atoms with E-state index in [0.717, 1.165) is 16.9 Å². The van der Waals surface area contributed by atoms with E-state index in [1.165, 1.54) is 30.6 Å². The van der Waals surface area contributed by atoms with Gasteiger partial charge in [0.05, 0.1) is 18.5 Å². The Labute approximate surface area is 156 Å². The van der Waals surface area contributed by atoms with Crippen LogP contribution < -0.4 is 5.32 Å². The van der Waals surface area contributed by atoms with Crippen LogP contribution in [-0.2, 0) is 4.74 Å². The molecule has 0 saturated carbocycles. The fourth-order valence-corrected chi connectivity index (χ4v) is 4.06. The Morgan fingerprint density at radius 2 is 1.69 bits per heavy atom. The van der Waals surface area contributed by atoms with E-state index in [1.807, 2.05) is 0 Å². The maximum absolute atomic E-state index is 13.1. The van der Waals surface area contributed by atoms with E-state index in [1.54, 1.807) is 26.0 Å². The van der Waals surface area contributed by atoms with Crippen LogP contribution in [0.3, 0.4) is 0 Å². The van der Waals surface area contributed by atoms with Gasteiger partial charge in [0.25, 0.3) is 5.91 Å². The molecule has 0 unspecified atom stereocenters. The van der Waals surface area contributed by atoms with Gasteiger partial charge in [0.2, 0.25) is 0 Å². The van der Waals surface area contributed by atoms with Crippen molar-refractivity contribution in [3.05, 3.63) is 51.2 Å². The number of methoxy groups -OCH3 is 1. The molecule has 134 valence electrons. The number of nitrogens with zero attached hydrogens (tertiary/aromatic N) is 2. The highest BCUT2D eigenvalue weighted by Gasteiger charge is 2.20. The molecule has 3 rings (SSSR count). The van der Waals surface area contributed by atoms with Crippen molar-refractivity contribution in [3.8, 4) is 10.6 Å². The summed E-state index contributed by atoms with van der Waals surface area (Å²) in [6.45, 7) is 3.40. The minimum Gasteiger partial charge on any atom is -0.465 e. The molecular formula is C17H14FN3O3S2. The fraction of sp³-hybridized carbons (Fsp3) is 0.176. The molecule has 1 amide bonds. The number of nitrogens with one attached hydrogen (secondary N) is 1. The molecule has 0 fully saturated rings. The topological polar surface area (TPSA) is 81.2 Å². The zero-order valence-corrected chi connectivity index (χ0v) is 15.8. The van der Waals surface area contributed by atoms with Gasteiger partial charge < -0.3 is 4.74 Å². The number of anilines is 1. The summed E-state index contributed by atoms with van der Waals surface area (Å²) in [6.07, 6.45) is 0. The van der Waals surface area contributed by atoms with Crippen LogP contribution in [0.25, 0.3) is 10.6 Å². The van der Waals surface area contributed by atoms with Crippen LogP contribution in [0, 0.1) is 19.7 Å². The molecule has 2 aromatic heterocycles. The first kappa shape index (κ1) is 18.2. The molecule has 2 heterocycles. The van der Waals surface area contributed by atoms with Crippen molar-refractivity contribution in [2.24, 2.45) is 0 Å². The van der Waals surface area contributed by atoms with Gasteiger partial charge in [-0.1, -0.05) is 11.3 Å². The highest BCUT2D eigenvalue weighted by atomic mass is 32.1. The van der Waals surface area contributed by atoms with Crippen LogP contribution in [-0.4, -0.2) is 29.0 Å². The molecule has 0 atom stereocenters. The number of aryl methyl sites for hydroxylation is 2. The third kappa shape index (κ3) is 3.63. The van der Waals surface area contributed by atoms with Gasteiger partial charge in [0, 0.05) is 5.56 Å². The Bertz CT molecular complexity index is 980. The molecule has 1 N–H and O–H groups in total. The number of thiazole rings is 2. The Morgan fingerprint density at radius 3 is 2.35 bits per heavy atom. The molecule has 0 aliphatic rings. The molecule has 0 spiro atoms. The second-order valence-electron chi connectivity index (χ2n) is 5.32. The maximum Gasteiger partial charge on any atom is 0.350 e. The van der Waals surface area contributed by atoms with Gasteiger partial charge in [-0.3, -0.25) is 10.1 Å². The lowest BCUT2D eigenvalue weighted by molar-refractivity contribution is 0.0605. The zero-order chi connectivity index (χ0) is 18.8. The highest BCUT2D eigenvalue weighted by molar-refractivity contribution is 7.18. The molecule has 0 aliphatic carbocycles. The Balaban J connectivity index is 1.82. The van der Waals surface area contributed by atoms with Gasteiger partial charge in [-0.2, -0.15) is 0 Å². The number of halogens is 1. The second-order valence-corrected chi connectivity index (χ2v) is 7.32. The van der Waals surface area contributed by atoms with E-state index in [0.29, 0.717) is 31.3 Å². The highest BCUT2D eigenvalue weighted by Crippen LogP contribution is 2.30. The van der Waals surface area contributed by atoms with Crippen LogP contribution >= 0.6 is 22.7 Å². The summed E-state index contributed by atoms with van der Waals surface area (Å²) in [5.74, 6) is -1.19. The minimum absolute atomic E-state index is 0.309. The molecule has 0 bridgehead atoms.